The first-order valence-electron chi connectivity index (χ1n) is 10.6. The molecule has 0 saturated carbocycles. The van der Waals surface area contributed by atoms with Crippen LogP contribution in [0.5, 0.6) is 0 Å². The Morgan fingerprint density at radius 1 is 0.625 bits per heavy atom. The Morgan fingerprint density at radius 3 is 1.58 bits per heavy atom. The molecule has 0 N–H and O–H groups in total. The van der Waals surface area contributed by atoms with Gasteiger partial charge in [-0.2, -0.15) is 0 Å². The fraction of sp³-hybridized carbons (Fsp3) is 1.00. The monoisotopic (exact) mass is 344 g/mol. The van der Waals surface area contributed by atoms with Crippen molar-refractivity contribution in [1.82, 2.24) is 0 Å². The van der Waals surface area contributed by atoms with Gasteiger partial charge in [-0.15, -0.1) is 0 Å². The van der Waals surface area contributed by atoms with Crippen LogP contribution in [0, 0.1) is 0 Å². The third-order valence-corrected chi connectivity index (χ3v) is 4.14. The summed E-state index contributed by atoms with van der Waals surface area (Å²) >= 11 is 0. The summed E-state index contributed by atoms with van der Waals surface area (Å²) in [5.74, 6) is -0.831. The topological polar surface area (TPSA) is 27.7 Å². The van der Waals surface area contributed by atoms with E-state index in [9.17, 15) is 0 Å². The molecule has 1 atom stereocenters. The van der Waals surface area contributed by atoms with Gasteiger partial charge in [0.15, 0.2) is 0 Å². The second-order valence-corrected chi connectivity index (χ2v) is 7.12. The van der Waals surface area contributed by atoms with E-state index in [1.165, 1.54) is 51.4 Å². The smallest absolute Gasteiger partial charge is 0.283 e. The predicted octanol–water partition coefficient (Wildman–Crippen LogP) is 6.84. The fourth-order valence-corrected chi connectivity index (χ4v) is 2.78. The minimum Gasteiger partial charge on any atom is -0.327 e. The molecule has 1 unspecified atom stereocenters. The molecule has 0 aliphatic carbocycles. The molecule has 146 valence electrons. The second kappa shape index (κ2) is 16.4. The zero-order chi connectivity index (χ0) is 18.1. The van der Waals surface area contributed by atoms with E-state index >= 15 is 0 Å². The summed E-state index contributed by atoms with van der Waals surface area (Å²) in [4.78, 5) is 0. The van der Waals surface area contributed by atoms with E-state index in [0.29, 0.717) is 0 Å². The maximum Gasteiger partial charge on any atom is 0.283 e. The lowest BCUT2D eigenvalue weighted by molar-refractivity contribution is -0.394. The Labute approximate surface area is 151 Å². The highest BCUT2D eigenvalue weighted by Crippen LogP contribution is 2.26. The van der Waals surface area contributed by atoms with Crippen LogP contribution < -0.4 is 0 Å². The summed E-state index contributed by atoms with van der Waals surface area (Å²) in [6.45, 7) is 12.3. The number of hydrogen-bond acceptors (Lipinski definition) is 3. The van der Waals surface area contributed by atoms with E-state index in [0.717, 1.165) is 38.9 Å². The number of unbranched alkanes of at least 4 members (excludes halogenated alkanes) is 8. The molecule has 3 nitrogen and oxygen atoms in total. The van der Waals surface area contributed by atoms with E-state index in [1.54, 1.807) is 0 Å². The van der Waals surface area contributed by atoms with Crippen molar-refractivity contribution < 1.29 is 14.2 Å². The predicted molar refractivity (Wildman–Crippen MR) is 103 cm³/mol. The molecule has 0 aromatic heterocycles. The maximum absolute atomic E-state index is 6.20. The number of hydrogen-bond donors (Lipinski definition) is 0. The van der Waals surface area contributed by atoms with Crippen molar-refractivity contribution >= 4 is 0 Å². The summed E-state index contributed by atoms with van der Waals surface area (Å²) in [5, 5.41) is 0. The molecule has 0 fully saturated rings. The van der Waals surface area contributed by atoms with E-state index in [2.05, 4.69) is 34.6 Å². The molecule has 0 aromatic rings. The molecule has 0 spiro atoms. The van der Waals surface area contributed by atoms with Crippen molar-refractivity contribution in [2.75, 3.05) is 13.2 Å². The third kappa shape index (κ3) is 13.2. The van der Waals surface area contributed by atoms with E-state index in [-0.39, 0.29) is 6.10 Å². The second-order valence-electron chi connectivity index (χ2n) is 7.12. The molecule has 0 aromatic carbocycles. The molecule has 3 heteroatoms. The van der Waals surface area contributed by atoms with Gasteiger partial charge in [0.25, 0.3) is 5.97 Å². The van der Waals surface area contributed by atoms with Gasteiger partial charge in [0.2, 0.25) is 0 Å². The van der Waals surface area contributed by atoms with Crippen LogP contribution in [0.3, 0.4) is 0 Å². The molecule has 0 saturated heterocycles. The number of rotatable bonds is 18. The highest BCUT2D eigenvalue weighted by Gasteiger charge is 2.34. The highest BCUT2D eigenvalue weighted by molar-refractivity contribution is 4.62. The van der Waals surface area contributed by atoms with Crippen LogP contribution in [0.4, 0.5) is 0 Å². The van der Waals surface area contributed by atoms with Crippen molar-refractivity contribution in [2.45, 2.75) is 124 Å². The van der Waals surface area contributed by atoms with Crippen LogP contribution in [0.1, 0.15) is 112 Å². The van der Waals surface area contributed by atoms with Crippen LogP contribution in [0.2, 0.25) is 0 Å². The highest BCUT2D eigenvalue weighted by atomic mass is 16.9. The first-order chi connectivity index (χ1) is 11.6. The molecule has 24 heavy (non-hydrogen) atoms. The van der Waals surface area contributed by atoms with Crippen molar-refractivity contribution in [3.05, 3.63) is 0 Å². The molecular weight excluding hydrogens is 300 g/mol. The molecule has 0 amide bonds. The van der Waals surface area contributed by atoms with Gasteiger partial charge in [-0.25, -0.2) is 0 Å². The lowest BCUT2D eigenvalue weighted by Gasteiger charge is -2.35. The van der Waals surface area contributed by atoms with Crippen LogP contribution in [-0.2, 0) is 14.2 Å². The molecule has 0 radical (unpaired) electrons. The first-order valence-corrected chi connectivity index (χ1v) is 10.6. The van der Waals surface area contributed by atoms with Gasteiger partial charge in [0.05, 0.1) is 19.3 Å². The van der Waals surface area contributed by atoms with E-state index in [1.807, 2.05) is 0 Å². The maximum atomic E-state index is 6.20. The number of ether oxygens (including phenoxy) is 3. The molecule has 0 aliphatic rings. The van der Waals surface area contributed by atoms with Gasteiger partial charge in [0, 0.05) is 6.42 Å². The SMILES string of the molecule is CCCCCCOC(CCCCCC)(OCCCCC)OC(C)C. The normalized spacial score (nSPS) is 14.2. The summed E-state index contributed by atoms with van der Waals surface area (Å²) in [6.07, 6.45) is 14.1. The minimum atomic E-state index is -0.831. The Kier molecular flexibility index (Phi) is 16.3. The average Bonchev–Trinajstić information content (AvgIpc) is 2.55. The standard InChI is InChI=1S/C21H44O3/c1-6-9-12-14-17-21(24-20(4)5,22-18-15-11-8-3)23-19-16-13-10-7-2/h20H,6-19H2,1-5H3. The third-order valence-electron chi connectivity index (χ3n) is 4.14. The Bertz CT molecular complexity index is 241. The largest absolute Gasteiger partial charge is 0.327 e. The zero-order valence-corrected chi connectivity index (χ0v) is 17.2. The summed E-state index contributed by atoms with van der Waals surface area (Å²) < 4.78 is 18.5. The van der Waals surface area contributed by atoms with Gasteiger partial charge < -0.3 is 14.2 Å². The zero-order valence-electron chi connectivity index (χ0n) is 17.2. The van der Waals surface area contributed by atoms with Gasteiger partial charge >= 0.3 is 0 Å². The van der Waals surface area contributed by atoms with Gasteiger partial charge in [0.1, 0.15) is 0 Å². The molecule has 0 aliphatic heterocycles. The Hall–Kier alpha value is -0.120. The van der Waals surface area contributed by atoms with Crippen molar-refractivity contribution in [3.8, 4) is 0 Å². The van der Waals surface area contributed by atoms with E-state index < -0.39 is 5.97 Å². The molecular formula is C21H44O3. The van der Waals surface area contributed by atoms with Crippen LogP contribution in [-0.4, -0.2) is 25.3 Å². The van der Waals surface area contributed by atoms with Gasteiger partial charge in [-0.05, 0) is 33.1 Å². The van der Waals surface area contributed by atoms with Crippen LogP contribution in [0.25, 0.3) is 0 Å². The molecule has 0 bridgehead atoms. The summed E-state index contributed by atoms with van der Waals surface area (Å²) in [6, 6.07) is 0. The summed E-state index contributed by atoms with van der Waals surface area (Å²) in [7, 11) is 0. The Balaban J connectivity index is 4.57. The van der Waals surface area contributed by atoms with Crippen LogP contribution in [0.15, 0.2) is 0 Å². The lowest BCUT2D eigenvalue weighted by Crippen LogP contribution is -2.42. The molecule has 0 heterocycles. The van der Waals surface area contributed by atoms with Gasteiger partial charge in [-0.1, -0.05) is 72.1 Å². The molecule has 0 rings (SSSR count). The van der Waals surface area contributed by atoms with Crippen molar-refractivity contribution in [1.29, 1.82) is 0 Å². The fourth-order valence-electron chi connectivity index (χ4n) is 2.78. The van der Waals surface area contributed by atoms with E-state index in [4.69, 9.17) is 14.2 Å². The lowest BCUT2D eigenvalue weighted by atomic mass is 10.1. The van der Waals surface area contributed by atoms with Gasteiger partial charge in [-0.3, -0.25) is 0 Å². The Morgan fingerprint density at radius 2 is 1.08 bits per heavy atom. The summed E-state index contributed by atoms with van der Waals surface area (Å²) in [5.41, 5.74) is 0. The van der Waals surface area contributed by atoms with Crippen LogP contribution >= 0.6 is 0 Å². The van der Waals surface area contributed by atoms with Crippen molar-refractivity contribution in [3.63, 3.8) is 0 Å². The first kappa shape index (κ1) is 23.9. The van der Waals surface area contributed by atoms with Crippen molar-refractivity contribution in [2.24, 2.45) is 0 Å². The minimum absolute atomic E-state index is 0.109. The quantitative estimate of drug-likeness (QED) is 0.201. The average molecular weight is 345 g/mol.